The molecule has 148 valence electrons. The summed E-state index contributed by atoms with van der Waals surface area (Å²) in [5.74, 6) is 1.44. The van der Waals surface area contributed by atoms with Gasteiger partial charge in [0, 0.05) is 17.6 Å². The Bertz CT molecular complexity index is 1070. The van der Waals surface area contributed by atoms with Crippen LogP contribution >= 0.6 is 0 Å². The SMILES string of the molecule is OCCOC1=C(c2c(OCCO)ccc3ccccc23)Cc2ccccc2C=C1. The van der Waals surface area contributed by atoms with Gasteiger partial charge in [-0.15, -0.1) is 0 Å². The first kappa shape index (κ1) is 19.2. The Morgan fingerprint density at radius 3 is 2.38 bits per heavy atom. The van der Waals surface area contributed by atoms with Crippen molar-refractivity contribution in [3.63, 3.8) is 0 Å². The zero-order chi connectivity index (χ0) is 20.1. The van der Waals surface area contributed by atoms with Crippen molar-refractivity contribution in [1.82, 2.24) is 0 Å². The number of aliphatic hydroxyl groups is 2. The van der Waals surface area contributed by atoms with Gasteiger partial charge in [0.1, 0.15) is 24.7 Å². The number of hydrogen-bond acceptors (Lipinski definition) is 4. The number of ether oxygens (including phenoxy) is 2. The molecule has 4 nitrogen and oxygen atoms in total. The second-order valence-electron chi connectivity index (χ2n) is 6.86. The second kappa shape index (κ2) is 8.95. The Morgan fingerprint density at radius 2 is 1.52 bits per heavy atom. The molecule has 0 aromatic heterocycles. The van der Waals surface area contributed by atoms with Gasteiger partial charge in [0.25, 0.3) is 0 Å². The Morgan fingerprint density at radius 1 is 0.759 bits per heavy atom. The molecule has 0 unspecified atom stereocenters. The first-order valence-corrected chi connectivity index (χ1v) is 9.80. The van der Waals surface area contributed by atoms with Crippen molar-refractivity contribution in [3.8, 4) is 5.75 Å². The molecule has 0 amide bonds. The van der Waals surface area contributed by atoms with Crippen LogP contribution in [-0.2, 0) is 11.2 Å². The fourth-order valence-electron chi connectivity index (χ4n) is 3.74. The second-order valence-corrected chi connectivity index (χ2v) is 6.86. The summed E-state index contributed by atoms with van der Waals surface area (Å²) in [6, 6.07) is 20.4. The van der Waals surface area contributed by atoms with Crippen LogP contribution in [0.1, 0.15) is 16.7 Å². The predicted molar refractivity (Wildman–Crippen MR) is 116 cm³/mol. The molecule has 4 rings (SSSR count). The summed E-state index contributed by atoms with van der Waals surface area (Å²) in [6.45, 7) is 0.331. The molecule has 0 heterocycles. The van der Waals surface area contributed by atoms with Crippen LogP contribution < -0.4 is 4.74 Å². The molecule has 1 aliphatic rings. The van der Waals surface area contributed by atoms with E-state index in [-0.39, 0.29) is 26.4 Å². The number of hydrogen-bond donors (Lipinski definition) is 2. The van der Waals surface area contributed by atoms with E-state index in [1.54, 1.807) is 0 Å². The molecule has 3 aromatic rings. The highest BCUT2D eigenvalue weighted by Crippen LogP contribution is 2.39. The lowest BCUT2D eigenvalue weighted by Crippen LogP contribution is -2.07. The summed E-state index contributed by atoms with van der Waals surface area (Å²) in [7, 11) is 0. The van der Waals surface area contributed by atoms with Crippen molar-refractivity contribution in [2.24, 2.45) is 0 Å². The predicted octanol–water partition coefficient (Wildman–Crippen LogP) is 4.20. The summed E-state index contributed by atoms with van der Waals surface area (Å²) in [6.07, 6.45) is 4.69. The summed E-state index contributed by atoms with van der Waals surface area (Å²) < 4.78 is 11.9. The Balaban J connectivity index is 1.94. The quantitative estimate of drug-likeness (QED) is 0.637. The van der Waals surface area contributed by atoms with Crippen LogP contribution in [0, 0.1) is 0 Å². The van der Waals surface area contributed by atoms with Gasteiger partial charge in [-0.25, -0.2) is 0 Å². The van der Waals surface area contributed by atoms with Crippen molar-refractivity contribution >= 4 is 22.4 Å². The number of aliphatic hydroxyl groups excluding tert-OH is 2. The normalized spacial score (nSPS) is 13.3. The van der Waals surface area contributed by atoms with Crippen LogP contribution in [0.2, 0.25) is 0 Å². The molecule has 0 saturated heterocycles. The first-order chi connectivity index (χ1) is 14.3. The van der Waals surface area contributed by atoms with Gasteiger partial charge in [-0.3, -0.25) is 0 Å². The van der Waals surface area contributed by atoms with Crippen molar-refractivity contribution in [1.29, 1.82) is 0 Å². The highest BCUT2D eigenvalue weighted by Gasteiger charge is 2.21. The maximum absolute atomic E-state index is 9.32. The van der Waals surface area contributed by atoms with E-state index >= 15 is 0 Å². The van der Waals surface area contributed by atoms with E-state index in [4.69, 9.17) is 9.47 Å². The van der Waals surface area contributed by atoms with Gasteiger partial charge < -0.3 is 19.7 Å². The molecule has 29 heavy (non-hydrogen) atoms. The summed E-state index contributed by atoms with van der Waals surface area (Å²) >= 11 is 0. The van der Waals surface area contributed by atoms with E-state index in [1.807, 2.05) is 42.5 Å². The number of fused-ring (bicyclic) bond motifs is 2. The third kappa shape index (κ3) is 4.04. The zero-order valence-electron chi connectivity index (χ0n) is 16.2. The van der Waals surface area contributed by atoms with Crippen LogP contribution in [0.5, 0.6) is 5.75 Å². The number of benzene rings is 3. The lowest BCUT2D eigenvalue weighted by atomic mass is 9.91. The fourth-order valence-corrected chi connectivity index (χ4v) is 3.74. The summed E-state index contributed by atoms with van der Waals surface area (Å²) in [5, 5.41) is 20.8. The van der Waals surface area contributed by atoms with Crippen LogP contribution in [0.25, 0.3) is 22.4 Å². The lowest BCUT2D eigenvalue weighted by molar-refractivity contribution is 0.153. The van der Waals surface area contributed by atoms with Crippen molar-refractivity contribution < 1.29 is 19.7 Å². The van der Waals surface area contributed by atoms with E-state index in [0.29, 0.717) is 12.2 Å². The van der Waals surface area contributed by atoms with E-state index in [0.717, 1.165) is 33.2 Å². The van der Waals surface area contributed by atoms with E-state index in [1.165, 1.54) is 5.56 Å². The highest BCUT2D eigenvalue weighted by atomic mass is 16.5. The van der Waals surface area contributed by atoms with Crippen LogP contribution in [0.4, 0.5) is 0 Å². The number of allylic oxidation sites excluding steroid dienone is 2. The van der Waals surface area contributed by atoms with Crippen LogP contribution in [-0.4, -0.2) is 36.6 Å². The van der Waals surface area contributed by atoms with E-state index in [9.17, 15) is 10.2 Å². The van der Waals surface area contributed by atoms with Crippen LogP contribution in [0.15, 0.2) is 72.5 Å². The van der Waals surface area contributed by atoms with Gasteiger partial charge >= 0.3 is 0 Å². The molecule has 0 spiro atoms. The standard InChI is InChI=1S/C25H24O4/c26-13-15-28-23-11-9-18-5-1-2-7-20(18)17-22(23)25-21-8-4-3-6-19(21)10-12-24(25)29-16-14-27/h1-12,26-27H,13-17H2. The largest absolute Gasteiger partial charge is 0.491 e. The van der Waals surface area contributed by atoms with Gasteiger partial charge in [0.05, 0.1) is 13.2 Å². The Hall–Kier alpha value is -3.08. The molecule has 2 N–H and O–H groups in total. The fraction of sp³-hybridized carbons (Fsp3) is 0.200. The number of rotatable bonds is 7. The molecule has 4 heteroatoms. The zero-order valence-corrected chi connectivity index (χ0v) is 16.2. The molecule has 1 aliphatic carbocycles. The average molecular weight is 388 g/mol. The molecule has 0 bridgehead atoms. The molecular weight excluding hydrogens is 364 g/mol. The van der Waals surface area contributed by atoms with Gasteiger partial charge in [-0.2, -0.15) is 0 Å². The average Bonchev–Trinajstić information content (AvgIpc) is 2.95. The van der Waals surface area contributed by atoms with Gasteiger partial charge in [-0.1, -0.05) is 60.7 Å². The molecule has 3 aromatic carbocycles. The third-order valence-electron chi connectivity index (χ3n) is 5.02. The first-order valence-electron chi connectivity index (χ1n) is 9.80. The smallest absolute Gasteiger partial charge is 0.127 e. The summed E-state index contributed by atoms with van der Waals surface area (Å²) in [5.41, 5.74) is 4.31. The van der Waals surface area contributed by atoms with Crippen molar-refractivity contribution in [2.45, 2.75) is 6.42 Å². The van der Waals surface area contributed by atoms with Crippen LogP contribution in [0.3, 0.4) is 0 Å². The molecule has 0 saturated carbocycles. The summed E-state index contributed by atoms with van der Waals surface area (Å²) in [4.78, 5) is 0. The Kier molecular flexibility index (Phi) is 5.94. The third-order valence-corrected chi connectivity index (χ3v) is 5.02. The van der Waals surface area contributed by atoms with Crippen molar-refractivity contribution in [2.75, 3.05) is 26.4 Å². The van der Waals surface area contributed by atoms with Crippen molar-refractivity contribution in [3.05, 3.63) is 89.2 Å². The van der Waals surface area contributed by atoms with Gasteiger partial charge in [-0.05, 0) is 34.0 Å². The van der Waals surface area contributed by atoms with Gasteiger partial charge in [0.15, 0.2) is 0 Å². The molecule has 0 aliphatic heterocycles. The molecule has 0 radical (unpaired) electrons. The minimum atomic E-state index is -0.0546. The topological polar surface area (TPSA) is 58.9 Å². The van der Waals surface area contributed by atoms with Gasteiger partial charge in [0.2, 0.25) is 0 Å². The molecule has 0 atom stereocenters. The van der Waals surface area contributed by atoms with E-state index in [2.05, 4.69) is 30.3 Å². The monoisotopic (exact) mass is 388 g/mol. The minimum Gasteiger partial charge on any atom is -0.491 e. The molecule has 0 fully saturated rings. The highest BCUT2D eigenvalue weighted by molar-refractivity contribution is 5.98. The molecular formula is C25H24O4. The maximum Gasteiger partial charge on any atom is 0.127 e. The van der Waals surface area contributed by atoms with E-state index < -0.39 is 0 Å². The Labute approximate surface area is 170 Å². The maximum atomic E-state index is 9.32. The lowest BCUT2D eigenvalue weighted by Gasteiger charge is -2.19. The minimum absolute atomic E-state index is 0.0537.